The topological polar surface area (TPSA) is 59.1 Å². The van der Waals surface area contributed by atoms with Gasteiger partial charge in [0.25, 0.3) is 0 Å². The largest absolute Gasteiger partial charge is 0.388 e. The molecule has 15 heavy (non-hydrogen) atoms. The summed E-state index contributed by atoms with van der Waals surface area (Å²) in [6.45, 7) is 0.480. The molecule has 1 atom stereocenters. The van der Waals surface area contributed by atoms with Crippen molar-refractivity contribution < 1.29 is 5.11 Å². The summed E-state index contributed by atoms with van der Waals surface area (Å²) in [6, 6.07) is 9.81. The Kier molecular flexibility index (Phi) is 2.94. The number of hydrogen-bond donors (Lipinski definition) is 2. The molecule has 0 spiro atoms. The number of pyridine rings is 1. The van der Waals surface area contributed by atoms with Crippen molar-refractivity contribution in [1.29, 1.82) is 0 Å². The zero-order valence-electron chi connectivity index (χ0n) is 8.43. The first-order chi connectivity index (χ1) is 7.31. The lowest BCUT2D eigenvalue weighted by molar-refractivity contribution is 0.170. The average molecular weight is 202 g/mol. The van der Waals surface area contributed by atoms with Gasteiger partial charge in [-0.05, 0) is 30.7 Å². The molecule has 0 saturated heterocycles. The molecule has 0 bridgehead atoms. The van der Waals surface area contributed by atoms with Crippen molar-refractivity contribution in [3.05, 3.63) is 42.1 Å². The third-order valence-corrected chi connectivity index (χ3v) is 2.44. The van der Waals surface area contributed by atoms with Crippen molar-refractivity contribution in [2.75, 3.05) is 6.54 Å². The molecule has 1 aromatic heterocycles. The van der Waals surface area contributed by atoms with Gasteiger partial charge in [-0.3, -0.25) is 4.98 Å². The molecular formula is C12H14N2O. The second-order valence-electron chi connectivity index (χ2n) is 3.55. The number of aliphatic hydroxyl groups excluding tert-OH is 1. The third-order valence-electron chi connectivity index (χ3n) is 2.44. The van der Waals surface area contributed by atoms with Gasteiger partial charge >= 0.3 is 0 Å². The van der Waals surface area contributed by atoms with Crippen molar-refractivity contribution in [3.63, 3.8) is 0 Å². The first-order valence-electron chi connectivity index (χ1n) is 5.04. The average Bonchev–Trinajstić information content (AvgIpc) is 2.29. The summed E-state index contributed by atoms with van der Waals surface area (Å²) in [5, 5.41) is 10.8. The molecule has 3 heteroatoms. The van der Waals surface area contributed by atoms with E-state index in [9.17, 15) is 5.11 Å². The Bertz CT molecular complexity index is 456. The van der Waals surface area contributed by atoms with Crippen LogP contribution in [0.5, 0.6) is 0 Å². The monoisotopic (exact) mass is 202 g/mol. The molecule has 0 fully saturated rings. The van der Waals surface area contributed by atoms with Gasteiger partial charge in [-0.2, -0.15) is 0 Å². The number of hydrogen-bond acceptors (Lipinski definition) is 3. The summed E-state index contributed by atoms with van der Waals surface area (Å²) in [6.07, 6.45) is 1.77. The van der Waals surface area contributed by atoms with E-state index in [4.69, 9.17) is 5.73 Å². The van der Waals surface area contributed by atoms with Gasteiger partial charge in [0, 0.05) is 11.6 Å². The molecular weight excluding hydrogens is 188 g/mol. The summed E-state index contributed by atoms with van der Waals surface area (Å²) in [4.78, 5) is 4.28. The number of fused-ring (bicyclic) bond motifs is 1. The van der Waals surface area contributed by atoms with E-state index in [1.807, 2.05) is 30.3 Å². The van der Waals surface area contributed by atoms with Gasteiger partial charge in [-0.1, -0.05) is 18.2 Å². The van der Waals surface area contributed by atoms with Gasteiger partial charge in [0.15, 0.2) is 0 Å². The van der Waals surface area contributed by atoms with Crippen molar-refractivity contribution in [3.8, 4) is 0 Å². The first kappa shape index (κ1) is 10.1. The maximum absolute atomic E-state index is 9.76. The minimum Gasteiger partial charge on any atom is -0.388 e. The van der Waals surface area contributed by atoms with Crippen LogP contribution in [-0.4, -0.2) is 16.6 Å². The Morgan fingerprint density at radius 2 is 2.13 bits per heavy atom. The second kappa shape index (κ2) is 4.38. The summed E-state index contributed by atoms with van der Waals surface area (Å²) >= 11 is 0. The Morgan fingerprint density at radius 3 is 2.93 bits per heavy atom. The first-order valence-corrected chi connectivity index (χ1v) is 5.04. The van der Waals surface area contributed by atoms with Gasteiger partial charge in [-0.25, -0.2) is 0 Å². The van der Waals surface area contributed by atoms with Gasteiger partial charge in [-0.15, -0.1) is 0 Å². The van der Waals surface area contributed by atoms with Crippen molar-refractivity contribution in [2.45, 2.75) is 12.5 Å². The fourth-order valence-electron chi connectivity index (χ4n) is 1.59. The van der Waals surface area contributed by atoms with Crippen LogP contribution in [0.4, 0.5) is 0 Å². The molecule has 3 nitrogen and oxygen atoms in total. The molecule has 0 aliphatic heterocycles. The highest BCUT2D eigenvalue weighted by atomic mass is 16.3. The van der Waals surface area contributed by atoms with Crippen molar-refractivity contribution >= 4 is 10.9 Å². The maximum atomic E-state index is 9.76. The van der Waals surface area contributed by atoms with Crippen LogP contribution in [-0.2, 0) is 0 Å². The third kappa shape index (κ3) is 2.14. The highest BCUT2D eigenvalue weighted by Crippen LogP contribution is 2.19. The SMILES string of the molecule is NCC[C@@H](O)c1cnc2ccccc2c1. The number of benzene rings is 1. The standard InChI is InChI=1S/C12H14N2O/c13-6-5-12(15)10-7-9-3-1-2-4-11(9)14-8-10/h1-4,7-8,12,15H,5-6,13H2/t12-/m1/s1. The van der Waals surface area contributed by atoms with Crippen molar-refractivity contribution in [2.24, 2.45) is 5.73 Å². The minimum absolute atomic E-state index is 0.480. The van der Waals surface area contributed by atoms with Crippen LogP contribution in [0.2, 0.25) is 0 Å². The van der Waals surface area contributed by atoms with E-state index in [1.54, 1.807) is 6.20 Å². The number of rotatable bonds is 3. The lowest BCUT2D eigenvalue weighted by atomic mass is 10.1. The molecule has 0 amide bonds. The van der Waals surface area contributed by atoms with E-state index < -0.39 is 6.10 Å². The zero-order chi connectivity index (χ0) is 10.7. The van der Waals surface area contributed by atoms with Crippen LogP contribution >= 0.6 is 0 Å². The Morgan fingerprint density at radius 1 is 1.33 bits per heavy atom. The van der Waals surface area contributed by atoms with Crippen LogP contribution in [0.1, 0.15) is 18.1 Å². The van der Waals surface area contributed by atoms with E-state index in [0.717, 1.165) is 16.5 Å². The zero-order valence-corrected chi connectivity index (χ0v) is 8.43. The van der Waals surface area contributed by atoms with Gasteiger partial charge in [0.2, 0.25) is 0 Å². The summed E-state index contributed by atoms with van der Waals surface area (Å²) in [5.74, 6) is 0. The maximum Gasteiger partial charge on any atom is 0.0817 e. The molecule has 0 saturated carbocycles. The van der Waals surface area contributed by atoms with E-state index in [1.165, 1.54) is 0 Å². The highest BCUT2D eigenvalue weighted by molar-refractivity contribution is 5.78. The van der Waals surface area contributed by atoms with Gasteiger partial charge in [0.05, 0.1) is 11.6 Å². The number of para-hydroxylation sites is 1. The van der Waals surface area contributed by atoms with Gasteiger partial charge < -0.3 is 10.8 Å². The molecule has 3 N–H and O–H groups in total. The quantitative estimate of drug-likeness (QED) is 0.795. The molecule has 2 aromatic rings. The van der Waals surface area contributed by atoms with E-state index in [-0.39, 0.29) is 0 Å². The fourth-order valence-corrected chi connectivity index (χ4v) is 1.59. The van der Waals surface area contributed by atoms with Crippen LogP contribution in [0.25, 0.3) is 10.9 Å². The molecule has 2 rings (SSSR count). The van der Waals surface area contributed by atoms with Crippen LogP contribution in [0.15, 0.2) is 36.5 Å². The molecule has 1 heterocycles. The van der Waals surface area contributed by atoms with E-state index in [0.29, 0.717) is 13.0 Å². The lowest BCUT2D eigenvalue weighted by Crippen LogP contribution is -2.06. The van der Waals surface area contributed by atoms with Crippen LogP contribution in [0.3, 0.4) is 0 Å². The predicted molar refractivity (Wildman–Crippen MR) is 60.4 cm³/mol. The molecule has 78 valence electrons. The summed E-state index contributed by atoms with van der Waals surface area (Å²) in [7, 11) is 0. The summed E-state index contributed by atoms with van der Waals surface area (Å²) < 4.78 is 0. The minimum atomic E-state index is -0.507. The number of nitrogens with two attached hydrogens (primary N) is 1. The Balaban J connectivity index is 2.38. The molecule has 1 aromatic carbocycles. The number of aliphatic hydroxyl groups is 1. The molecule has 0 aliphatic carbocycles. The molecule has 0 aliphatic rings. The Labute approximate surface area is 88.6 Å². The predicted octanol–water partition coefficient (Wildman–Crippen LogP) is 1.62. The molecule has 0 unspecified atom stereocenters. The number of aromatic nitrogens is 1. The lowest BCUT2D eigenvalue weighted by Gasteiger charge is -2.09. The van der Waals surface area contributed by atoms with Crippen molar-refractivity contribution in [1.82, 2.24) is 4.98 Å². The molecule has 0 radical (unpaired) electrons. The van der Waals surface area contributed by atoms with E-state index in [2.05, 4.69) is 4.98 Å². The van der Waals surface area contributed by atoms with Crippen LogP contribution < -0.4 is 5.73 Å². The smallest absolute Gasteiger partial charge is 0.0817 e. The van der Waals surface area contributed by atoms with Crippen LogP contribution in [0, 0.1) is 0 Å². The fraction of sp³-hybridized carbons (Fsp3) is 0.250. The van der Waals surface area contributed by atoms with Gasteiger partial charge in [0.1, 0.15) is 0 Å². The van der Waals surface area contributed by atoms with E-state index >= 15 is 0 Å². The second-order valence-corrected chi connectivity index (χ2v) is 3.55. The normalized spacial score (nSPS) is 12.9. The number of nitrogens with zero attached hydrogens (tertiary/aromatic N) is 1. The highest BCUT2D eigenvalue weighted by Gasteiger charge is 2.07. The summed E-state index contributed by atoms with van der Waals surface area (Å²) in [5.41, 5.74) is 7.18. The Hall–Kier alpha value is -1.45.